The molecule has 0 N–H and O–H groups in total. The van der Waals surface area contributed by atoms with Crippen LogP contribution in [-0.2, 0) is 14.1 Å². The minimum atomic E-state index is -0.0803. The molecule has 0 radical (unpaired) electrons. The Morgan fingerprint density at radius 2 is 1.56 bits per heavy atom. The second-order valence-corrected chi connectivity index (χ2v) is 5.39. The van der Waals surface area contributed by atoms with Crippen molar-refractivity contribution in [3.05, 3.63) is 45.6 Å². The zero-order chi connectivity index (χ0) is 17.9. The first-order valence-electron chi connectivity index (χ1n) is 7.47. The van der Waals surface area contributed by atoms with Crippen LogP contribution in [0.3, 0.4) is 0 Å². The van der Waals surface area contributed by atoms with E-state index in [1.54, 1.807) is 56.7 Å². The fourth-order valence-electron chi connectivity index (χ4n) is 2.42. The summed E-state index contributed by atoms with van der Waals surface area (Å²) in [4.78, 5) is 12.2. The molecule has 0 saturated carbocycles. The number of rotatable bonds is 5. The third-order valence-electron chi connectivity index (χ3n) is 4.02. The van der Waals surface area contributed by atoms with Gasteiger partial charge < -0.3 is 26.6 Å². The summed E-state index contributed by atoms with van der Waals surface area (Å²) < 4.78 is 19.3. The molecule has 1 aromatic heterocycles. The summed E-state index contributed by atoms with van der Waals surface area (Å²) in [7, 11) is 8.26. The van der Waals surface area contributed by atoms with Gasteiger partial charge in [-0.15, -0.1) is 0 Å². The molecule has 1 heterocycles. The molecule has 2 rings (SSSR count). The van der Waals surface area contributed by atoms with E-state index in [1.807, 2.05) is 25.1 Å². The van der Waals surface area contributed by atoms with Gasteiger partial charge in [-0.1, -0.05) is 0 Å². The van der Waals surface area contributed by atoms with Crippen LogP contribution in [0.25, 0.3) is 12.2 Å². The average Bonchev–Trinajstić information content (AvgIpc) is 2.60. The fourth-order valence-corrected chi connectivity index (χ4v) is 2.42. The van der Waals surface area contributed by atoms with Crippen molar-refractivity contribution in [3.63, 3.8) is 0 Å². The van der Waals surface area contributed by atoms with Crippen LogP contribution < -0.4 is 36.9 Å². The lowest BCUT2D eigenvalue weighted by atomic mass is 10.1. The number of methoxy groups -OCH3 is 3. The van der Waals surface area contributed by atoms with Gasteiger partial charge in [0.1, 0.15) is 28.6 Å². The van der Waals surface area contributed by atoms with E-state index >= 15 is 0 Å². The highest BCUT2D eigenvalue weighted by Crippen LogP contribution is 2.35. The summed E-state index contributed by atoms with van der Waals surface area (Å²) in [6, 6.07) is 5.52. The molecule has 25 heavy (non-hydrogen) atoms. The lowest BCUT2D eigenvalue weighted by Crippen LogP contribution is -3.00. The summed E-state index contributed by atoms with van der Waals surface area (Å²) in [5.74, 6) is 1.91. The van der Waals surface area contributed by atoms with E-state index in [2.05, 4.69) is 0 Å². The largest absolute Gasteiger partial charge is 1.00 e. The van der Waals surface area contributed by atoms with Gasteiger partial charge in [0.15, 0.2) is 0 Å². The first-order chi connectivity index (χ1) is 11.4. The number of nitrogens with zero attached hydrogens (tertiary/aromatic N) is 2. The first kappa shape index (κ1) is 20.6. The smallest absolute Gasteiger partial charge is 0.498 e. The zero-order valence-electron chi connectivity index (χ0n) is 15.3. The normalized spacial score (nSPS) is 10.5. The lowest BCUT2D eigenvalue weighted by Gasteiger charge is -2.12. The standard InChI is InChI=1S/C18H23N2O4.ClH/c1-12-9-13(20(3)18(21)19(12)2)7-8-15-16(23-5)10-14(22-4)11-17(15)24-6;/h7-11H,1-6H3;1H/q+1;/p-1/b8-7+;. The van der Waals surface area contributed by atoms with Crippen molar-refractivity contribution < 1.29 is 31.2 Å². The monoisotopic (exact) mass is 366 g/mol. The second kappa shape index (κ2) is 8.58. The van der Waals surface area contributed by atoms with Gasteiger partial charge in [0.25, 0.3) is 0 Å². The molecule has 0 fully saturated rings. The molecule has 0 spiro atoms. The Labute approximate surface area is 153 Å². The predicted octanol–water partition coefficient (Wildman–Crippen LogP) is -1.28. The SMILES string of the molecule is COc1cc(OC)c(/C=C/c2cc(C)[n+](C)c(=O)n2C)c(OC)c1.[Cl-]. The molecule has 0 bridgehead atoms. The Bertz CT molecular complexity index is 819. The highest BCUT2D eigenvalue weighted by Gasteiger charge is 2.14. The van der Waals surface area contributed by atoms with Crippen molar-refractivity contribution in [1.82, 2.24) is 4.57 Å². The zero-order valence-corrected chi connectivity index (χ0v) is 16.0. The number of hydrogen-bond acceptors (Lipinski definition) is 4. The van der Waals surface area contributed by atoms with Crippen LogP contribution in [0.5, 0.6) is 17.2 Å². The van der Waals surface area contributed by atoms with E-state index in [9.17, 15) is 4.79 Å². The highest BCUT2D eigenvalue weighted by atomic mass is 35.5. The third-order valence-corrected chi connectivity index (χ3v) is 4.02. The van der Waals surface area contributed by atoms with Crippen LogP contribution in [0, 0.1) is 6.92 Å². The topological polar surface area (TPSA) is 53.6 Å². The van der Waals surface area contributed by atoms with E-state index in [0.29, 0.717) is 17.2 Å². The van der Waals surface area contributed by atoms with Gasteiger partial charge >= 0.3 is 5.69 Å². The summed E-state index contributed by atoms with van der Waals surface area (Å²) in [5.41, 5.74) is 2.37. The minimum Gasteiger partial charge on any atom is -1.00 e. The molecule has 136 valence electrons. The van der Waals surface area contributed by atoms with Crippen LogP contribution in [0.2, 0.25) is 0 Å². The van der Waals surface area contributed by atoms with Gasteiger partial charge in [0.05, 0.1) is 41.0 Å². The Morgan fingerprint density at radius 1 is 1.00 bits per heavy atom. The number of benzene rings is 1. The number of aryl methyl sites for hydroxylation is 1. The Hall–Kier alpha value is -2.47. The molecular formula is C18H23ClN2O4. The van der Waals surface area contributed by atoms with Gasteiger partial charge in [-0.2, -0.15) is 13.9 Å². The molecule has 6 nitrogen and oxygen atoms in total. The molecule has 0 aliphatic carbocycles. The van der Waals surface area contributed by atoms with Crippen molar-refractivity contribution in [2.75, 3.05) is 21.3 Å². The van der Waals surface area contributed by atoms with Crippen molar-refractivity contribution in [1.29, 1.82) is 0 Å². The molecule has 0 saturated heterocycles. The average molecular weight is 367 g/mol. The van der Waals surface area contributed by atoms with Gasteiger partial charge in [0.2, 0.25) is 0 Å². The molecular weight excluding hydrogens is 344 g/mol. The maximum absolute atomic E-state index is 12.2. The second-order valence-electron chi connectivity index (χ2n) is 5.39. The van der Waals surface area contributed by atoms with E-state index in [1.165, 1.54) is 0 Å². The van der Waals surface area contributed by atoms with Gasteiger partial charge in [-0.05, 0) is 19.1 Å². The molecule has 7 heteroatoms. The van der Waals surface area contributed by atoms with Gasteiger partial charge in [-0.3, -0.25) is 0 Å². The maximum atomic E-state index is 12.2. The van der Waals surface area contributed by atoms with Crippen LogP contribution in [0.15, 0.2) is 23.0 Å². The molecule has 0 aliphatic heterocycles. The van der Waals surface area contributed by atoms with Crippen LogP contribution >= 0.6 is 0 Å². The molecule has 2 aromatic rings. The molecule has 0 atom stereocenters. The van der Waals surface area contributed by atoms with Crippen LogP contribution in [0.4, 0.5) is 0 Å². The van der Waals surface area contributed by atoms with Crippen molar-refractivity contribution in [3.8, 4) is 17.2 Å². The number of aromatic nitrogens is 2. The van der Waals surface area contributed by atoms with Crippen molar-refractivity contribution in [2.24, 2.45) is 14.1 Å². The fraction of sp³-hybridized carbons (Fsp3) is 0.333. The summed E-state index contributed by atoms with van der Waals surface area (Å²) in [6.45, 7) is 1.90. The number of ether oxygens (including phenoxy) is 3. The number of hydrogen-bond donors (Lipinski definition) is 0. The molecule has 0 unspecified atom stereocenters. The lowest BCUT2D eigenvalue weighted by molar-refractivity contribution is -0.696. The molecule has 0 aliphatic rings. The first-order valence-corrected chi connectivity index (χ1v) is 7.47. The van der Waals surface area contributed by atoms with Gasteiger partial charge in [0, 0.05) is 18.2 Å². The maximum Gasteiger partial charge on any atom is 0.498 e. The number of halogens is 1. The molecule has 1 aromatic carbocycles. The molecule has 0 amide bonds. The van der Waals surface area contributed by atoms with Crippen LogP contribution in [-0.4, -0.2) is 25.9 Å². The Morgan fingerprint density at radius 3 is 2.04 bits per heavy atom. The predicted molar refractivity (Wildman–Crippen MR) is 92.6 cm³/mol. The van der Waals surface area contributed by atoms with Crippen LogP contribution in [0.1, 0.15) is 17.0 Å². The van der Waals surface area contributed by atoms with Gasteiger partial charge in [-0.25, -0.2) is 0 Å². The Balaban J connectivity index is 0.00000312. The summed E-state index contributed by atoms with van der Waals surface area (Å²) in [6.07, 6.45) is 3.73. The van der Waals surface area contributed by atoms with Crippen molar-refractivity contribution in [2.45, 2.75) is 6.92 Å². The van der Waals surface area contributed by atoms with E-state index in [0.717, 1.165) is 17.0 Å². The van der Waals surface area contributed by atoms with E-state index in [-0.39, 0.29) is 18.1 Å². The van der Waals surface area contributed by atoms with E-state index < -0.39 is 0 Å². The quantitative estimate of drug-likeness (QED) is 0.619. The third kappa shape index (κ3) is 4.14. The Kier molecular flexibility index (Phi) is 7.06. The highest BCUT2D eigenvalue weighted by molar-refractivity contribution is 5.76. The minimum absolute atomic E-state index is 0. The summed E-state index contributed by atoms with van der Waals surface area (Å²) in [5, 5.41) is 0. The van der Waals surface area contributed by atoms with E-state index in [4.69, 9.17) is 14.2 Å². The summed E-state index contributed by atoms with van der Waals surface area (Å²) >= 11 is 0. The van der Waals surface area contributed by atoms with Crippen molar-refractivity contribution >= 4 is 12.2 Å².